The molecule has 5 nitrogen and oxygen atoms in total. The largest absolute Gasteiger partial charge is 0.344 e. The molecule has 2 aromatic heterocycles. The van der Waals surface area contributed by atoms with Gasteiger partial charge in [0.05, 0.1) is 11.9 Å². The molecule has 0 aliphatic rings. The Kier molecular flexibility index (Phi) is 3.74. The van der Waals surface area contributed by atoms with Crippen molar-refractivity contribution in [1.29, 1.82) is 0 Å². The minimum atomic E-state index is -0.453. The van der Waals surface area contributed by atoms with E-state index in [4.69, 9.17) is 0 Å². The van der Waals surface area contributed by atoms with Gasteiger partial charge in [-0.25, -0.2) is 14.2 Å². The van der Waals surface area contributed by atoms with Crippen LogP contribution in [0.2, 0.25) is 0 Å². The Hall–Kier alpha value is -2.89. The van der Waals surface area contributed by atoms with E-state index in [0.29, 0.717) is 22.4 Å². The fourth-order valence-corrected chi connectivity index (χ4v) is 2.19. The van der Waals surface area contributed by atoms with Gasteiger partial charge in [-0.2, -0.15) is 0 Å². The van der Waals surface area contributed by atoms with Gasteiger partial charge < -0.3 is 15.6 Å². The molecule has 2 amide bonds. The number of amides is 2. The highest BCUT2D eigenvalue weighted by molar-refractivity contribution is 6.05. The summed E-state index contributed by atoms with van der Waals surface area (Å²) in [6, 6.07) is 8.53. The van der Waals surface area contributed by atoms with E-state index in [-0.39, 0.29) is 0 Å². The van der Waals surface area contributed by atoms with Gasteiger partial charge in [-0.05, 0) is 30.2 Å². The van der Waals surface area contributed by atoms with Gasteiger partial charge >= 0.3 is 6.03 Å². The smallest absolute Gasteiger partial charge is 0.323 e. The van der Waals surface area contributed by atoms with Crippen LogP contribution in [0.15, 0.2) is 42.7 Å². The second-order valence-corrected chi connectivity index (χ2v) is 4.88. The molecule has 112 valence electrons. The van der Waals surface area contributed by atoms with Crippen molar-refractivity contribution < 1.29 is 9.18 Å². The van der Waals surface area contributed by atoms with Crippen LogP contribution in [0.4, 0.5) is 20.6 Å². The van der Waals surface area contributed by atoms with E-state index in [1.165, 1.54) is 11.6 Å². The topological polar surface area (TPSA) is 69.8 Å². The molecule has 2 heterocycles. The monoisotopic (exact) mass is 298 g/mol. The fourth-order valence-electron chi connectivity index (χ4n) is 2.19. The molecule has 0 aliphatic heterocycles. The van der Waals surface area contributed by atoms with Crippen molar-refractivity contribution in [2.45, 2.75) is 13.3 Å². The molecular formula is C16H15FN4O. The van der Waals surface area contributed by atoms with Gasteiger partial charge in [-0.1, -0.05) is 19.1 Å². The SMILES string of the molecule is CCc1ccc(NC(=O)Nc2c[nH]c3ncc(F)cc23)cc1. The van der Waals surface area contributed by atoms with Crippen molar-refractivity contribution in [3.05, 3.63) is 54.1 Å². The second kappa shape index (κ2) is 5.85. The highest BCUT2D eigenvalue weighted by Crippen LogP contribution is 2.22. The highest BCUT2D eigenvalue weighted by Gasteiger charge is 2.09. The van der Waals surface area contributed by atoms with Crippen molar-refractivity contribution in [2.24, 2.45) is 0 Å². The lowest BCUT2D eigenvalue weighted by atomic mass is 10.1. The number of rotatable bonds is 3. The van der Waals surface area contributed by atoms with Gasteiger partial charge in [0, 0.05) is 17.3 Å². The first-order valence-corrected chi connectivity index (χ1v) is 6.95. The molecule has 22 heavy (non-hydrogen) atoms. The quantitative estimate of drug-likeness (QED) is 0.686. The van der Waals surface area contributed by atoms with Crippen LogP contribution in [0.25, 0.3) is 11.0 Å². The number of aromatic amines is 1. The third-order valence-corrected chi connectivity index (χ3v) is 3.37. The number of halogens is 1. The number of nitrogens with zero attached hydrogens (tertiary/aromatic N) is 1. The lowest BCUT2D eigenvalue weighted by Gasteiger charge is -2.07. The minimum Gasteiger partial charge on any atom is -0.344 e. The summed E-state index contributed by atoms with van der Waals surface area (Å²) in [7, 11) is 0. The molecule has 0 atom stereocenters. The molecule has 0 radical (unpaired) electrons. The molecule has 0 saturated carbocycles. The van der Waals surface area contributed by atoms with E-state index in [9.17, 15) is 9.18 Å². The summed E-state index contributed by atoms with van der Waals surface area (Å²) in [6.07, 6.45) is 3.65. The number of aryl methyl sites for hydroxylation is 1. The number of nitrogens with one attached hydrogen (secondary N) is 3. The lowest BCUT2D eigenvalue weighted by Crippen LogP contribution is -2.19. The number of hydrogen-bond acceptors (Lipinski definition) is 2. The van der Waals surface area contributed by atoms with Crippen molar-refractivity contribution in [3.8, 4) is 0 Å². The maximum atomic E-state index is 13.2. The maximum Gasteiger partial charge on any atom is 0.323 e. The van der Waals surface area contributed by atoms with E-state index in [1.54, 1.807) is 6.20 Å². The number of fused-ring (bicyclic) bond motifs is 1. The molecule has 6 heteroatoms. The van der Waals surface area contributed by atoms with Gasteiger partial charge in [-0.3, -0.25) is 0 Å². The third-order valence-electron chi connectivity index (χ3n) is 3.37. The minimum absolute atomic E-state index is 0.394. The molecule has 1 aromatic carbocycles. The number of H-pyrrole nitrogens is 1. The number of hydrogen-bond donors (Lipinski definition) is 3. The van der Waals surface area contributed by atoms with Gasteiger partial charge in [0.25, 0.3) is 0 Å². The number of carbonyl (C=O) groups is 1. The van der Waals surface area contributed by atoms with Crippen molar-refractivity contribution in [3.63, 3.8) is 0 Å². The van der Waals surface area contributed by atoms with E-state index in [2.05, 4.69) is 27.5 Å². The van der Waals surface area contributed by atoms with E-state index >= 15 is 0 Å². The van der Waals surface area contributed by atoms with Gasteiger partial charge in [-0.15, -0.1) is 0 Å². The van der Waals surface area contributed by atoms with Crippen LogP contribution in [-0.4, -0.2) is 16.0 Å². The zero-order valence-electron chi connectivity index (χ0n) is 12.0. The molecule has 0 spiro atoms. The number of pyridine rings is 1. The van der Waals surface area contributed by atoms with Crippen LogP contribution in [0.3, 0.4) is 0 Å². The zero-order valence-corrected chi connectivity index (χ0v) is 12.0. The molecule has 3 aromatic rings. The van der Waals surface area contributed by atoms with Gasteiger partial charge in [0.15, 0.2) is 0 Å². The molecule has 3 rings (SSSR count). The van der Waals surface area contributed by atoms with Crippen LogP contribution in [0, 0.1) is 5.82 Å². The molecule has 0 fully saturated rings. The van der Waals surface area contributed by atoms with Crippen LogP contribution in [0.5, 0.6) is 0 Å². The van der Waals surface area contributed by atoms with E-state index in [1.807, 2.05) is 24.3 Å². The number of urea groups is 1. The Labute approximate surface area is 126 Å². The Morgan fingerprint density at radius 2 is 2.05 bits per heavy atom. The summed E-state index contributed by atoms with van der Waals surface area (Å²) in [4.78, 5) is 18.8. The van der Waals surface area contributed by atoms with Crippen molar-refractivity contribution in [1.82, 2.24) is 9.97 Å². The first kappa shape index (κ1) is 14.1. The van der Waals surface area contributed by atoms with Crippen LogP contribution >= 0.6 is 0 Å². The average Bonchev–Trinajstić information content (AvgIpc) is 2.90. The summed E-state index contributed by atoms with van der Waals surface area (Å²) in [5, 5.41) is 5.94. The number of carbonyl (C=O) groups excluding carboxylic acids is 1. The summed E-state index contributed by atoms with van der Waals surface area (Å²) in [6.45, 7) is 2.07. The third kappa shape index (κ3) is 2.90. The number of benzene rings is 1. The van der Waals surface area contributed by atoms with E-state index in [0.717, 1.165) is 12.6 Å². The molecular weight excluding hydrogens is 283 g/mol. The molecule has 0 unspecified atom stereocenters. The van der Waals surface area contributed by atoms with Crippen molar-refractivity contribution >= 4 is 28.4 Å². The van der Waals surface area contributed by atoms with Gasteiger partial charge in [0.2, 0.25) is 0 Å². The fraction of sp³-hybridized carbons (Fsp3) is 0.125. The predicted octanol–water partition coefficient (Wildman–Crippen LogP) is 3.91. The summed E-state index contributed by atoms with van der Waals surface area (Å²) >= 11 is 0. The van der Waals surface area contributed by atoms with E-state index < -0.39 is 11.8 Å². The standard InChI is InChI=1S/C16H15FN4O/c1-2-10-3-5-12(6-4-10)20-16(22)21-14-9-19-15-13(14)7-11(17)8-18-15/h3-9H,2H2,1H3,(H,18,19)(H2,20,21,22). The van der Waals surface area contributed by atoms with Gasteiger partial charge in [0.1, 0.15) is 11.5 Å². The molecule has 0 aliphatic carbocycles. The van der Waals surface area contributed by atoms with Crippen molar-refractivity contribution in [2.75, 3.05) is 10.6 Å². The molecule has 3 N–H and O–H groups in total. The Morgan fingerprint density at radius 3 is 2.77 bits per heavy atom. The first-order valence-electron chi connectivity index (χ1n) is 6.95. The Bertz CT molecular complexity index is 811. The average molecular weight is 298 g/mol. The molecule has 0 saturated heterocycles. The summed E-state index contributed by atoms with van der Waals surface area (Å²) in [5.41, 5.74) is 2.89. The first-order chi connectivity index (χ1) is 10.7. The molecule has 0 bridgehead atoms. The zero-order chi connectivity index (χ0) is 15.5. The normalized spacial score (nSPS) is 10.6. The lowest BCUT2D eigenvalue weighted by molar-refractivity contribution is 0.262. The number of aromatic nitrogens is 2. The number of anilines is 2. The summed E-state index contributed by atoms with van der Waals surface area (Å²) in [5.74, 6) is -0.453. The second-order valence-electron chi connectivity index (χ2n) is 4.88. The highest BCUT2D eigenvalue weighted by atomic mass is 19.1. The summed E-state index contributed by atoms with van der Waals surface area (Å²) < 4.78 is 13.2. The predicted molar refractivity (Wildman–Crippen MR) is 84.5 cm³/mol. The Balaban J connectivity index is 1.73. The van der Waals surface area contributed by atoms with Crippen LogP contribution < -0.4 is 10.6 Å². The van der Waals surface area contributed by atoms with Crippen LogP contribution in [-0.2, 0) is 6.42 Å². The Morgan fingerprint density at radius 1 is 1.27 bits per heavy atom. The maximum absolute atomic E-state index is 13.2. The van der Waals surface area contributed by atoms with Crippen LogP contribution in [0.1, 0.15) is 12.5 Å².